The monoisotopic (exact) mass is 461 g/mol. The normalized spacial score (nSPS) is 11.8. The van der Waals surface area contributed by atoms with Crippen LogP contribution in [-0.2, 0) is 40.8 Å². The fraction of sp³-hybridized carbons (Fsp3) is 0.250. The van der Waals surface area contributed by atoms with Crippen LogP contribution in [0.1, 0.15) is 5.56 Å². The maximum absolute atomic E-state index is 11.9. The lowest BCUT2D eigenvalue weighted by atomic mass is 10.1. The van der Waals surface area contributed by atoms with Crippen molar-refractivity contribution in [2.45, 2.75) is 15.5 Å². The Balaban J connectivity index is 1.67. The van der Waals surface area contributed by atoms with Gasteiger partial charge in [0.1, 0.15) is 10.8 Å². The van der Waals surface area contributed by atoms with Crippen LogP contribution in [0.4, 0.5) is 0 Å². The van der Waals surface area contributed by atoms with Gasteiger partial charge in [-0.15, -0.1) is 11.3 Å². The number of benzene rings is 1. The van der Waals surface area contributed by atoms with Crippen molar-refractivity contribution in [1.29, 1.82) is 0 Å². The number of nitrogens with one attached hydrogen (secondary N) is 2. The SMILES string of the molecule is NS(=O)(=O)c1ccc(CCNC(=O)COC(=O)CNS(=O)(=O)c2cccs2)cc1. The van der Waals surface area contributed by atoms with Crippen LogP contribution in [0.5, 0.6) is 0 Å². The average molecular weight is 462 g/mol. The third kappa shape index (κ3) is 7.55. The molecule has 0 saturated heterocycles. The molecule has 1 heterocycles. The van der Waals surface area contributed by atoms with Crippen LogP contribution >= 0.6 is 11.3 Å². The molecule has 0 spiro atoms. The van der Waals surface area contributed by atoms with E-state index in [2.05, 4.69) is 10.0 Å². The van der Waals surface area contributed by atoms with E-state index in [4.69, 9.17) is 9.88 Å². The first-order valence-electron chi connectivity index (χ1n) is 8.15. The Kier molecular flexibility index (Phi) is 7.87. The number of carbonyl (C=O) groups excluding carboxylic acids is 2. The molecular formula is C16H19N3O7S3. The van der Waals surface area contributed by atoms with E-state index in [1.807, 2.05) is 0 Å². The molecule has 0 aliphatic carbocycles. The molecule has 2 rings (SSSR count). The number of thiophene rings is 1. The highest BCUT2D eigenvalue weighted by Gasteiger charge is 2.17. The smallest absolute Gasteiger partial charge is 0.321 e. The van der Waals surface area contributed by atoms with Gasteiger partial charge < -0.3 is 10.1 Å². The minimum absolute atomic E-state index is 0.00750. The number of ether oxygens (including phenoxy) is 1. The molecule has 29 heavy (non-hydrogen) atoms. The number of esters is 1. The van der Waals surface area contributed by atoms with Crippen LogP contribution in [-0.4, -0.2) is 48.4 Å². The zero-order chi connectivity index (χ0) is 21.5. The van der Waals surface area contributed by atoms with Crippen LogP contribution in [0.25, 0.3) is 0 Å². The van der Waals surface area contributed by atoms with Crippen LogP contribution in [0, 0.1) is 0 Å². The maximum Gasteiger partial charge on any atom is 0.321 e. The summed E-state index contributed by atoms with van der Waals surface area (Å²) >= 11 is 1.01. The molecule has 4 N–H and O–H groups in total. The third-order valence-corrected chi connectivity index (χ3v) is 7.25. The number of sulfonamides is 2. The zero-order valence-corrected chi connectivity index (χ0v) is 17.5. The van der Waals surface area contributed by atoms with E-state index >= 15 is 0 Å². The summed E-state index contributed by atoms with van der Waals surface area (Å²) in [6.07, 6.45) is 0.422. The molecule has 10 nitrogen and oxygen atoms in total. The number of carbonyl (C=O) groups is 2. The highest BCUT2D eigenvalue weighted by molar-refractivity contribution is 7.91. The van der Waals surface area contributed by atoms with E-state index in [0.717, 1.165) is 16.9 Å². The summed E-state index contributed by atoms with van der Waals surface area (Å²) in [7, 11) is -7.54. The van der Waals surface area contributed by atoms with E-state index in [1.54, 1.807) is 23.6 Å². The van der Waals surface area contributed by atoms with Crippen molar-refractivity contribution in [1.82, 2.24) is 10.0 Å². The average Bonchev–Trinajstić information content (AvgIpc) is 3.20. The summed E-state index contributed by atoms with van der Waals surface area (Å²) in [5.41, 5.74) is 0.776. The van der Waals surface area contributed by atoms with E-state index in [0.29, 0.717) is 6.42 Å². The molecule has 2 aromatic rings. The summed E-state index contributed by atoms with van der Waals surface area (Å²) in [5.74, 6) is -1.44. The second-order valence-electron chi connectivity index (χ2n) is 5.71. The molecule has 1 aromatic carbocycles. The molecular weight excluding hydrogens is 442 g/mol. The standard InChI is InChI=1S/C16H19N3O7S3/c17-28(22,23)13-5-3-12(4-6-13)7-8-18-14(20)11-26-15(21)10-19-29(24,25)16-2-1-9-27-16/h1-6,9,19H,7-8,10-11H2,(H,18,20)(H2,17,22,23). The van der Waals surface area contributed by atoms with Gasteiger partial charge in [-0.2, -0.15) is 4.72 Å². The van der Waals surface area contributed by atoms with E-state index in [1.165, 1.54) is 18.2 Å². The van der Waals surface area contributed by atoms with Crippen LogP contribution in [0.3, 0.4) is 0 Å². The first kappa shape index (κ1) is 23.0. The minimum Gasteiger partial charge on any atom is -0.455 e. The fourth-order valence-corrected chi connectivity index (χ4v) is 4.60. The molecule has 0 saturated carbocycles. The number of amides is 1. The molecule has 0 unspecified atom stereocenters. The van der Waals surface area contributed by atoms with Crippen LogP contribution in [0.2, 0.25) is 0 Å². The molecule has 0 atom stereocenters. The Labute approximate surface area is 172 Å². The molecule has 0 radical (unpaired) electrons. The molecule has 13 heteroatoms. The van der Waals surface area contributed by atoms with Gasteiger partial charge in [-0.3, -0.25) is 9.59 Å². The summed E-state index contributed by atoms with van der Waals surface area (Å²) < 4.78 is 53.0. The van der Waals surface area contributed by atoms with Crippen molar-refractivity contribution in [2.24, 2.45) is 5.14 Å². The molecule has 0 aliphatic rings. The van der Waals surface area contributed by atoms with E-state index < -0.39 is 45.1 Å². The Hall–Kier alpha value is -2.32. The van der Waals surface area contributed by atoms with Gasteiger partial charge in [-0.1, -0.05) is 18.2 Å². The molecule has 0 aliphatic heterocycles. The van der Waals surface area contributed by atoms with Crippen molar-refractivity contribution in [3.63, 3.8) is 0 Å². The Morgan fingerprint density at radius 2 is 1.76 bits per heavy atom. The van der Waals surface area contributed by atoms with Gasteiger partial charge in [0, 0.05) is 6.54 Å². The van der Waals surface area contributed by atoms with Crippen molar-refractivity contribution >= 4 is 43.3 Å². The second-order valence-corrected chi connectivity index (χ2v) is 10.2. The highest BCUT2D eigenvalue weighted by Crippen LogP contribution is 2.14. The highest BCUT2D eigenvalue weighted by atomic mass is 32.2. The van der Waals surface area contributed by atoms with Gasteiger partial charge in [0.15, 0.2) is 6.61 Å². The summed E-state index contributed by atoms with van der Waals surface area (Å²) in [6, 6.07) is 8.85. The Morgan fingerprint density at radius 1 is 1.07 bits per heavy atom. The fourth-order valence-electron chi connectivity index (χ4n) is 2.08. The number of hydrogen-bond acceptors (Lipinski definition) is 8. The number of rotatable bonds is 10. The largest absolute Gasteiger partial charge is 0.455 e. The van der Waals surface area contributed by atoms with Gasteiger partial charge in [0.25, 0.3) is 15.9 Å². The first-order valence-corrected chi connectivity index (χ1v) is 12.1. The molecule has 1 aromatic heterocycles. The van der Waals surface area contributed by atoms with Crippen molar-refractivity contribution in [2.75, 3.05) is 19.7 Å². The lowest BCUT2D eigenvalue weighted by Crippen LogP contribution is -2.34. The van der Waals surface area contributed by atoms with Crippen LogP contribution in [0.15, 0.2) is 50.9 Å². The van der Waals surface area contributed by atoms with Gasteiger partial charge in [-0.25, -0.2) is 22.0 Å². The van der Waals surface area contributed by atoms with Gasteiger partial charge in [0.05, 0.1) is 4.90 Å². The quantitative estimate of drug-likeness (QED) is 0.405. The third-order valence-electron chi connectivity index (χ3n) is 3.52. The predicted molar refractivity (Wildman–Crippen MR) is 105 cm³/mol. The summed E-state index contributed by atoms with van der Waals surface area (Å²) in [4.78, 5) is 23.3. The molecule has 158 valence electrons. The lowest BCUT2D eigenvalue weighted by molar-refractivity contribution is -0.147. The second kappa shape index (κ2) is 9.93. The van der Waals surface area contributed by atoms with Gasteiger partial charge in [-0.05, 0) is 35.6 Å². The number of primary sulfonamides is 1. The van der Waals surface area contributed by atoms with E-state index in [9.17, 15) is 26.4 Å². The maximum atomic E-state index is 11.9. The Bertz CT molecular complexity index is 1050. The minimum atomic E-state index is -3.79. The van der Waals surface area contributed by atoms with Gasteiger partial charge >= 0.3 is 5.97 Å². The lowest BCUT2D eigenvalue weighted by Gasteiger charge is -2.08. The number of hydrogen-bond donors (Lipinski definition) is 3. The Morgan fingerprint density at radius 3 is 2.34 bits per heavy atom. The van der Waals surface area contributed by atoms with Gasteiger partial charge in [0.2, 0.25) is 10.0 Å². The molecule has 0 bridgehead atoms. The predicted octanol–water partition coefficient (Wildman–Crippen LogP) is -0.424. The van der Waals surface area contributed by atoms with E-state index in [-0.39, 0.29) is 15.6 Å². The van der Waals surface area contributed by atoms with Crippen molar-refractivity contribution in [3.05, 3.63) is 47.3 Å². The first-order chi connectivity index (χ1) is 13.6. The summed E-state index contributed by atoms with van der Waals surface area (Å²) in [6.45, 7) is -0.913. The summed E-state index contributed by atoms with van der Waals surface area (Å²) in [5, 5.41) is 9.13. The van der Waals surface area contributed by atoms with Crippen LogP contribution < -0.4 is 15.2 Å². The van der Waals surface area contributed by atoms with Crippen molar-refractivity contribution in [3.8, 4) is 0 Å². The zero-order valence-electron chi connectivity index (χ0n) is 15.0. The van der Waals surface area contributed by atoms with Crippen molar-refractivity contribution < 1.29 is 31.2 Å². The molecule has 1 amide bonds. The molecule has 0 fully saturated rings. The number of nitrogens with two attached hydrogens (primary N) is 1. The topological polar surface area (TPSA) is 162 Å².